The minimum Gasteiger partial charge on any atom is -0.352 e. The summed E-state index contributed by atoms with van der Waals surface area (Å²) < 4.78 is 0.988. The Labute approximate surface area is 124 Å². The van der Waals surface area contributed by atoms with E-state index in [1.165, 1.54) is 25.7 Å². The first-order valence-electron chi connectivity index (χ1n) is 6.98. The zero-order valence-electron chi connectivity index (χ0n) is 11.3. The molecular formula is C15H23BrN2O. The van der Waals surface area contributed by atoms with Crippen LogP contribution in [0.15, 0.2) is 28.7 Å². The van der Waals surface area contributed by atoms with Gasteiger partial charge in [0.25, 0.3) is 5.91 Å². The molecule has 0 heterocycles. The molecule has 3 nitrogen and oxygen atoms in total. The highest BCUT2D eigenvalue weighted by atomic mass is 79.9. The molecule has 1 aromatic carbocycles. The second-order valence-corrected chi connectivity index (χ2v) is 5.59. The first-order valence-corrected chi connectivity index (χ1v) is 7.77. The molecule has 3 N–H and O–H groups in total. The van der Waals surface area contributed by atoms with E-state index in [1.54, 1.807) is 0 Å². The molecule has 0 spiro atoms. The van der Waals surface area contributed by atoms with Crippen molar-refractivity contribution in [3.05, 3.63) is 34.3 Å². The molecule has 0 bridgehead atoms. The summed E-state index contributed by atoms with van der Waals surface area (Å²) in [6.07, 6.45) is 7.05. The Balaban J connectivity index is 2.06. The molecule has 1 amide bonds. The molecule has 4 heteroatoms. The normalized spacial score (nSPS) is 10.4. The number of carbonyl (C=O) groups is 1. The van der Waals surface area contributed by atoms with Crippen LogP contribution in [-0.4, -0.2) is 19.0 Å². The second kappa shape index (κ2) is 9.98. The Morgan fingerprint density at radius 2 is 1.58 bits per heavy atom. The molecule has 1 aromatic rings. The smallest absolute Gasteiger partial charge is 0.251 e. The van der Waals surface area contributed by atoms with Gasteiger partial charge in [-0.15, -0.1) is 0 Å². The predicted octanol–water partition coefficient (Wildman–Crippen LogP) is 3.48. The van der Waals surface area contributed by atoms with E-state index in [0.29, 0.717) is 5.56 Å². The van der Waals surface area contributed by atoms with Crippen LogP contribution in [-0.2, 0) is 0 Å². The Bertz CT molecular complexity index is 365. The summed E-state index contributed by atoms with van der Waals surface area (Å²) in [6, 6.07) is 7.41. The molecule has 1 rings (SSSR count). The lowest BCUT2D eigenvalue weighted by Crippen LogP contribution is -2.24. The fraction of sp³-hybridized carbons (Fsp3) is 0.533. The number of amides is 1. The monoisotopic (exact) mass is 326 g/mol. The van der Waals surface area contributed by atoms with Crippen molar-refractivity contribution in [1.82, 2.24) is 5.32 Å². The van der Waals surface area contributed by atoms with Crippen LogP contribution < -0.4 is 11.1 Å². The van der Waals surface area contributed by atoms with Crippen molar-refractivity contribution in [3.8, 4) is 0 Å². The molecule has 0 unspecified atom stereocenters. The first kappa shape index (κ1) is 16.2. The lowest BCUT2D eigenvalue weighted by molar-refractivity contribution is 0.0953. The number of hydrogen-bond acceptors (Lipinski definition) is 2. The van der Waals surface area contributed by atoms with Gasteiger partial charge in [-0.05, 0) is 43.7 Å². The van der Waals surface area contributed by atoms with Crippen molar-refractivity contribution in [1.29, 1.82) is 0 Å². The van der Waals surface area contributed by atoms with Gasteiger partial charge in [0, 0.05) is 16.6 Å². The topological polar surface area (TPSA) is 55.1 Å². The standard InChI is InChI=1S/C15H23BrN2O/c16-14-9-7-13(8-10-14)15(19)18-12-6-4-2-1-3-5-11-17/h7-10H,1-6,11-12,17H2,(H,18,19). The second-order valence-electron chi connectivity index (χ2n) is 4.67. The fourth-order valence-corrected chi connectivity index (χ4v) is 2.15. The van der Waals surface area contributed by atoms with E-state index in [2.05, 4.69) is 21.2 Å². The summed E-state index contributed by atoms with van der Waals surface area (Å²) >= 11 is 3.35. The lowest BCUT2D eigenvalue weighted by Gasteiger charge is -2.05. The van der Waals surface area contributed by atoms with Crippen molar-refractivity contribution in [2.24, 2.45) is 5.73 Å². The van der Waals surface area contributed by atoms with E-state index >= 15 is 0 Å². The molecule has 0 radical (unpaired) electrons. The zero-order valence-corrected chi connectivity index (χ0v) is 12.9. The van der Waals surface area contributed by atoms with Crippen LogP contribution in [0.5, 0.6) is 0 Å². The Hall–Kier alpha value is -0.870. The van der Waals surface area contributed by atoms with Gasteiger partial charge in [-0.2, -0.15) is 0 Å². The molecule has 0 aliphatic carbocycles. The third-order valence-electron chi connectivity index (χ3n) is 3.02. The Morgan fingerprint density at radius 1 is 1.00 bits per heavy atom. The van der Waals surface area contributed by atoms with Gasteiger partial charge in [-0.3, -0.25) is 4.79 Å². The van der Waals surface area contributed by atoms with E-state index < -0.39 is 0 Å². The quantitative estimate of drug-likeness (QED) is 0.682. The molecule has 0 saturated heterocycles. The van der Waals surface area contributed by atoms with Gasteiger partial charge in [-0.25, -0.2) is 0 Å². The molecule has 0 aromatic heterocycles. The lowest BCUT2D eigenvalue weighted by atomic mass is 10.1. The summed E-state index contributed by atoms with van der Waals surface area (Å²) in [5, 5.41) is 2.95. The average Bonchev–Trinajstić information content (AvgIpc) is 2.42. The number of carbonyl (C=O) groups excluding carboxylic acids is 1. The van der Waals surface area contributed by atoms with Crippen LogP contribution in [0.4, 0.5) is 0 Å². The van der Waals surface area contributed by atoms with Crippen LogP contribution in [0.3, 0.4) is 0 Å². The van der Waals surface area contributed by atoms with Crippen molar-refractivity contribution >= 4 is 21.8 Å². The first-order chi connectivity index (χ1) is 9.24. The molecule has 0 saturated carbocycles. The van der Waals surface area contributed by atoms with Crippen molar-refractivity contribution in [3.63, 3.8) is 0 Å². The summed E-state index contributed by atoms with van der Waals surface area (Å²) in [5.74, 6) is 0.00984. The molecule has 19 heavy (non-hydrogen) atoms. The summed E-state index contributed by atoms with van der Waals surface area (Å²) in [6.45, 7) is 1.55. The fourth-order valence-electron chi connectivity index (χ4n) is 1.88. The highest BCUT2D eigenvalue weighted by Gasteiger charge is 2.03. The van der Waals surface area contributed by atoms with E-state index in [9.17, 15) is 4.79 Å². The van der Waals surface area contributed by atoms with Crippen LogP contribution in [0.2, 0.25) is 0 Å². The van der Waals surface area contributed by atoms with Crippen LogP contribution in [0.1, 0.15) is 48.9 Å². The highest BCUT2D eigenvalue weighted by molar-refractivity contribution is 9.10. The van der Waals surface area contributed by atoms with Crippen molar-refractivity contribution in [2.75, 3.05) is 13.1 Å². The third kappa shape index (κ3) is 7.33. The minimum atomic E-state index is 0.00984. The van der Waals surface area contributed by atoms with Gasteiger partial charge in [0.2, 0.25) is 0 Å². The van der Waals surface area contributed by atoms with E-state index in [1.807, 2.05) is 24.3 Å². The van der Waals surface area contributed by atoms with Gasteiger partial charge in [-0.1, -0.05) is 41.6 Å². The maximum Gasteiger partial charge on any atom is 0.251 e. The Kier molecular flexibility index (Phi) is 8.50. The summed E-state index contributed by atoms with van der Waals surface area (Å²) in [7, 11) is 0. The number of halogens is 1. The predicted molar refractivity (Wildman–Crippen MR) is 83.2 cm³/mol. The van der Waals surface area contributed by atoms with Gasteiger partial charge < -0.3 is 11.1 Å². The van der Waals surface area contributed by atoms with Crippen molar-refractivity contribution < 1.29 is 4.79 Å². The van der Waals surface area contributed by atoms with E-state index in [-0.39, 0.29) is 5.91 Å². The van der Waals surface area contributed by atoms with E-state index in [0.717, 1.165) is 30.4 Å². The summed E-state index contributed by atoms with van der Waals surface area (Å²) in [5.41, 5.74) is 6.15. The van der Waals surface area contributed by atoms with Gasteiger partial charge in [0.05, 0.1) is 0 Å². The van der Waals surface area contributed by atoms with Gasteiger partial charge in [0.15, 0.2) is 0 Å². The van der Waals surface area contributed by atoms with Crippen LogP contribution >= 0.6 is 15.9 Å². The number of benzene rings is 1. The number of unbranched alkanes of at least 4 members (excludes halogenated alkanes) is 5. The van der Waals surface area contributed by atoms with Crippen LogP contribution in [0.25, 0.3) is 0 Å². The maximum atomic E-state index is 11.8. The van der Waals surface area contributed by atoms with Gasteiger partial charge >= 0.3 is 0 Å². The SMILES string of the molecule is NCCCCCCCCNC(=O)c1ccc(Br)cc1. The molecule has 0 fully saturated rings. The van der Waals surface area contributed by atoms with Gasteiger partial charge in [0.1, 0.15) is 0 Å². The van der Waals surface area contributed by atoms with E-state index in [4.69, 9.17) is 5.73 Å². The van der Waals surface area contributed by atoms with Crippen molar-refractivity contribution in [2.45, 2.75) is 38.5 Å². The number of rotatable bonds is 9. The van der Waals surface area contributed by atoms with Crippen LogP contribution in [0, 0.1) is 0 Å². The Morgan fingerprint density at radius 3 is 2.21 bits per heavy atom. The molecular weight excluding hydrogens is 304 g/mol. The average molecular weight is 327 g/mol. The highest BCUT2D eigenvalue weighted by Crippen LogP contribution is 2.10. The summed E-state index contributed by atoms with van der Waals surface area (Å²) in [4.78, 5) is 11.8. The minimum absolute atomic E-state index is 0.00984. The number of nitrogens with one attached hydrogen (secondary N) is 1. The molecule has 106 valence electrons. The third-order valence-corrected chi connectivity index (χ3v) is 3.55. The maximum absolute atomic E-state index is 11.8. The zero-order chi connectivity index (χ0) is 13.9. The molecule has 0 aliphatic rings. The number of nitrogens with two attached hydrogens (primary N) is 1. The molecule has 0 aliphatic heterocycles. The molecule has 0 atom stereocenters. The number of hydrogen-bond donors (Lipinski definition) is 2. The largest absolute Gasteiger partial charge is 0.352 e.